The first-order valence-corrected chi connectivity index (χ1v) is 3.60. The maximum Gasteiger partial charge on any atom is 0.323 e. The summed E-state index contributed by atoms with van der Waals surface area (Å²) in [5.41, 5.74) is -0.791. The lowest BCUT2D eigenvalue weighted by atomic mass is 10.0. The number of ether oxygens (including phenoxy) is 1. The fraction of sp³-hybridized carbons (Fsp3) is 0.857. The van der Waals surface area contributed by atoms with E-state index in [0.29, 0.717) is 13.0 Å². The number of hydrogen-bond acceptors (Lipinski definition) is 3. The minimum atomic E-state index is -0.808. The molecule has 1 heterocycles. The van der Waals surface area contributed by atoms with Crippen LogP contribution in [0.1, 0.15) is 13.3 Å². The Morgan fingerprint density at radius 2 is 2.45 bits per heavy atom. The molecule has 2 unspecified atom stereocenters. The normalized spacial score (nSPS) is 37.5. The van der Waals surface area contributed by atoms with E-state index in [1.807, 2.05) is 0 Å². The average Bonchev–Trinajstić information content (AvgIpc) is 2.33. The number of carboxylic acid groups (broad SMARTS) is 1. The molecule has 0 bridgehead atoms. The molecule has 11 heavy (non-hydrogen) atoms. The SMILES string of the molecule is COC1CNC(C)(C(=O)O)C1. The molecule has 4 heteroatoms. The van der Waals surface area contributed by atoms with Crippen molar-refractivity contribution in [1.29, 1.82) is 0 Å². The smallest absolute Gasteiger partial charge is 0.323 e. The van der Waals surface area contributed by atoms with Gasteiger partial charge in [-0.1, -0.05) is 0 Å². The van der Waals surface area contributed by atoms with Crippen LogP contribution in [0.4, 0.5) is 0 Å². The number of hydrogen-bond donors (Lipinski definition) is 2. The molecule has 2 atom stereocenters. The summed E-state index contributed by atoms with van der Waals surface area (Å²) >= 11 is 0. The minimum absolute atomic E-state index is 0.0381. The zero-order valence-corrected chi connectivity index (χ0v) is 6.76. The van der Waals surface area contributed by atoms with Crippen LogP contribution in [-0.2, 0) is 9.53 Å². The van der Waals surface area contributed by atoms with Gasteiger partial charge in [0.15, 0.2) is 0 Å². The summed E-state index contributed by atoms with van der Waals surface area (Å²) in [7, 11) is 1.60. The molecular formula is C7H13NO3. The van der Waals surface area contributed by atoms with Gasteiger partial charge in [0.05, 0.1) is 6.10 Å². The maximum atomic E-state index is 10.7. The second-order valence-electron chi connectivity index (χ2n) is 3.08. The first-order valence-electron chi connectivity index (χ1n) is 3.60. The van der Waals surface area contributed by atoms with Crippen molar-refractivity contribution in [3.05, 3.63) is 0 Å². The molecule has 0 aromatic rings. The minimum Gasteiger partial charge on any atom is -0.480 e. The predicted molar refractivity (Wildman–Crippen MR) is 39.5 cm³/mol. The summed E-state index contributed by atoms with van der Waals surface area (Å²) in [6, 6.07) is 0. The summed E-state index contributed by atoms with van der Waals surface area (Å²) in [6.45, 7) is 2.30. The van der Waals surface area contributed by atoms with Crippen LogP contribution in [0.25, 0.3) is 0 Å². The van der Waals surface area contributed by atoms with Gasteiger partial charge >= 0.3 is 5.97 Å². The Hall–Kier alpha value is -0.610. The molecule has 1 fully saturated rings. The molecule has 4 nitrogen and oxygen atoms in total. The highest BCUT2D eigenvalue weighted by molar-refractivity contribution is 5.78. The van der Waals surface area contributed by atoms with Crippen LogP contribution in [0.3, 0.4) is 0 Å². The lowest BCUT2D eigenvalue weighted by Gasteiger charge is -2.17. The van der Waals surface area contributed by atoms with E-state index in [2.05, 4.69) is 5.32 Å². The maximum absolute atomic E-state index is 10.7. The second-order valence-corrected chi connectivity index (χ2v) is 3.08. The van der Waals surface area contributed by atoms with Crippen molar-refractivity contribution in [2.24, 2.45) is 0 Å². The molecule has 64 valence electrons. The number of aliphatic carboxylic acids is 1. The molecule has 1 aliphatic heterocycles. The Kier molecular flexibility index (Phi) is 2.15. The molecule has 0 aromatic carbocycles. The van der Waals surface area contributed by atoms with Crippen molar-refractivity contribution >= 4 is 5.97 Å². The monoisotopic (exact) mass is 159 g/mol. The van der Waals surface area contributed by atoms with Crippen molar-refractivity contribution in [3.8, 4) is 0 Å². The van der Waals surface area contributed by atoms with Crippen molar-refractivity contribution < 1.29 is 14.6 Å². The third-order valence-electron chi connectivity index (χ3n) is 2.16. The van der Waals surface area contributed by atoms with Crippen LogP contribution in [0.5, 0.6) is 0 Å². The number of carbonyl (C=O) groups is 1. The summed E-state index contributed by atoms with van der Waals surface area (Å²) in [4.78, 5) is 10.7. The standard InChI is InChI=1S/C7H13NO3/c1-7(6(9)10)3-5(11-2)4-8-7/h5,8H,3-4H2,1-2H3,(H,9,10). The highest BCUT2D eigenvalue weighted by Gasteiger charge is 2.40. The highest BCUT2D eigenvalue weighted by Crippen LogP contribution is 2.20. The summed E-state index contributed by atoms with van der Waals surface area (Å²) in [6.07, 6.45) is 0.579. The van der Waals surface area contributed by atoms with Gasteiger partial charge in [-0.05, 0) is 6.92 Å². The van der Waals surface area contributed by atoms with Gasteiger partial charge in [-0.25, -0.2) is 0 Å². The Morgan fingerprint density at radius 3 is 2.73 bits per heavy atom. The fourth-order valence-corrected chi connectivity index (χ4v) is 1.27. The molecule has 0 radical (unpaired) electrons. The summed E-state index contributed by atoms with van der Waals surface area (Å²) < 4.78 is 5.03. The lowest BCUT2D eigenvalue weighted by molar-refractivity contribution is -0.143. The highest BCUT2D eigenvalue weighted by atomic mass is 16.5. The van der Waals surface area contributed by atoms with Gasteiger partial charge in [-0.15, -0.1) is 0 Å². The second kappa shape index (κ2) is 2.79. The van der Waals surface area contributed by atoms with Crippen LogP contribution >= 0.6 is 0 Å². The van der Waals surface area contributed by atoms with Crippen LogP contribution in [0, 0.1) is 0 Å². The van der Waals surface area contributed by atoms with Crippen LogP contribution in [0.2, 0.25) is 0 Å². The predicted octanol–water partition coefficient (Wildman–Crippen LogP) is -0.162. The van der Waals surface area contributed by atoms with Crippen LogP contribution in [-0.4, -0.2) is 36.4 Å². The lowest BCUT2D eigenvalue weighted by Crippen LogP contribution is -2.44. The number of nitrogens with one attached hydrogen (secondary N) is 1. The number of methoxy groups -OCH3 is 1. The van der Waals surface area contributed by atoms with E-state index in [4.69, 9.17) is 9.84 Å². The van der Waals surface area contributed by atoms with E-state index in [0.717, 1.165) is 0 Å². The van der Waals surface area contributed by atoms with Gasteiger partial charge in [0.1, 0.15) is 5.54 Å². The molecule has 1 aliphatic rings. The first-order chi connectivity index (χ1) is 5.08. The molecular weight excluding hydrogens is 146 g/mol. The average molecular weight is 159 g/mol. The summed E-state index contributed by atoms with van der Waals surface area (Å²) in [5, 5.41) is 11.7. The number of carboxylic acids is 1. The van der Waals surface area contributed by atoms with Gasteiger partial charge in [-0.3, -0.25) is 10.1 Å². The van der Waals surface area contributed by atoms with Crippen molar-refractivity contribution in [1.82, 2.24) is 5.32 Å². The van der Waals surface area contributed by atoms with Crippen molar-refractivity contribution in [3.63, 3.8) is 0 Å². The van der Waals surface area contributed by atoms with E-state index >= 15 is 0 Å². The molecule has 1 rings (SSSR count). The zero-order valence-electron chi connectivity index (χ0n) is 6.76. The van der Waals surface area contributed by atoms with Crippen molar-refractivity contribution in [2.45, 2.75) is 25.0 Å². The summed E-state index contributed by atoms with van der Waals surface area (Å²) in [5.74, 6) is -0.808. The van der Waals surface area contributed by atoms with Gasteiger partial charge in [0, 0.05) is 20.1 Å². The van der Waals surface area contributed by atoms with Gasteiger partial charge in [0.25, 0.3) is 0 Å². The van der Waals surface area contributed by atoms with Gasteiger partial charge < -0.3 is 9.84 Å². The molecule has 0 saturated carbocycles. The Labute approximate surface area is 65.5 Å². The third-order valence-corrected chi connectivity index (χ3v) is 2.16. The van der Waals surface area contributed by atoms with Gasteiger partial charge in [-0.2, -0.15) is 0 Å². The Morgan fingerprint density at radius 1 is 1.82 bits per heavy atom. The molecule has 0 amide bonds. The van der Waals surface area contributed by atoms with E-state index in [-0.39, 0.29) is 6.10 Å². The molecule has 0 spiro atoms. The Bertz CT molecular complexity index is 171. The largest absolute Gasteiger partial charge is 0.480 e. The Balaban J connectivity index is 2.57. The van der Waals surface area contributed by atoms with E-state index in [1.54, 1.807) is 14.0 Å². The molecule has 0 aliphatic carbocycles. The molecule has 1 saturated heterocycles. The number of rotatable bonds is 2. The molecule has 0 aromatic heterocycles. The van der Waals surface area contributed by atoms with E-state index < -0.39 is 11.5 Å². The van der Waals surface area contributed by atoms with Crippen LogP contribution < -0.4 is 5.32 Å². The fourth-order valence-electron chi connectivity index (χ4n) is 1.27. The quantitative estimate of drug-likeness (QED) is 0.587. The van der Waals surface area contributed by atoms with Crippen molar-refractivity contribution in [2.75, 3.05) is 13.7 Å². The molecule has 2 N–H and O–H groups in total. The van der Waals surface area contributed by atoms with Gasteiger partial charge in [0.2, 0.25) is 0 Å². The topological polar surface area (TPSA) is 58.6 Å². The van der Waals surface area contributed by atoms with E-state index in [1.165, 1.54) is 0 Å². The van der Waals surface area contributed by atoms with E-state index in [9.17, 15) is 4.79 Å². The first kappa shape index (κ1) is 8.49. The zero-order chi connectivity index (χ0) is 8.48. The van der Waals surface area contributed by atoms with Crippen LogP contribution in [0.15, 0.2) is 0 Å². The third kappa shape index (κ3) is 1.52.